The van der Waals surface area contributed by atoms with Gasteiger partial charge in [0.1, 0.15) is 5.75 Å². The van der Waals surface area contributed by atoms with E-state index in [0.717, 1.165) is 33.5 Å². The van der Waals surface area contributed by atoms with Crippen LogP contribution in [0.15, 0.2) is 42.6 Å². The quantitative estimate of drug-likeness (QED) is 0.749. The first-order valence-electron chi connectivity index (χ1n) is 7.27. The molecule has 1 aromatic heterocycles. The van der Waals surface area contributed by atoms with Gasteiger partial charge in [0, 0.05) is 27.8 Å². The van der Waals surface area contributed by atoms with E-state index in [0.29, 0.717) is 5.02 Å². The van der Waals surface area contributed by atoms with E-state index in [9.17, 15) is 4.79 Å². The molecule has 3 rings (SSSR count). The molecule has 1 amide bonds. The molecule has 0 aliphatic carbocycles. The van der Waals surface area contributed by atoms with Crippen LogP contribution in [0.1, 0.15) is 11.1 Å². The number of ether oxygens (including phenoxy) is 1. The van der Waals surface area contributed by atoms with Crippen molar-refractivity contribution in [3.8, 4) is 5.75 Å². The van der Waals surface area contributed by atoms with Crippen LogP contribution in [-0.4, -0.2) is 18.0 Å². The van der Waals surface area contributed by atoms with Crippen molar-refractivity contribution in [1.29, 1.82) is 0 Å². The predicted octanol–water partition coefficient (Wildman–Crippen LogP) is 4.32. The first kappa shape index (κ1) is 15.4. The maximum Gasteiger partial charge on any atom is 0.228 e. The summed E-state index contributed by atoms with van der Waals surface area (Å²) in [6.07, 6.45) is 2.15. The van der Waals surface area contributed by atoms with Crippen LogP contribution in [0.2, 0.25) is 5.02 Å². The third-order valence-electron chi connectivity index (χ3n) is 3.79. The number of fused-ring (bicyclic) bond motifs is 1. The van der Waals surface area contributed by atoms with E-state index in [-0.39, 0.29) is 12.3 Å². The number of carbonyl (C=O) groups is 1. The minimum atomic E-state index is -0.0702. The smallest absolute Gasteiger partial charge is 0.228 e. The Bertz CT molecular complexity index is 871. The van der Waals surface area contributed by atoms with E-state index in [1.807, 2.05) is 43.5 Å². The molecule has 0 fully saturated rings. The second kappa shape index (κ2) is 6.34. The number of aromatic amines is 1. The maximum atomic E-state index is 12.3. The molecule has 0 saturated heterocycles. The number of nitrogens with one attached hydrogen (secondary N) is 2. The lowest BCUT2D eigenvalue weighted by Crippen LogP contribution is -2.14. The van der Waals surface area contributed by atoms with Crippen molar-refractivity contribution in [3.63, 3.8) is 0 Å². The normalized spacial score (nSPS) is 10.7. The first-order chi connectivity index (χ1) is 11.1. The van der Waals surface area contributed by atoms with E-state index in [4.69, 9.17) is 16.3 Å². The van der Waals surface area contributed by atoms with Gasteiger partial charge in [-0.3, -0.25) is 4.79 Å². The Kier molecular flexibility index (Phi) is 4.26. The van der Waals surface area contributed by atoms with Gasteiger partial charge in [-0.05, 0) is 54.4 Å². The van der Waals surface area contributed by atoms with Gasteiger partial charge in [-0.15, -0.1) is 0 Å². The predicted molar refractivity (Wildman–Crippen MR) is 93.4 cm³/mol. The fourth-order valence-corrected chi connectivity index (χ4v) is 2.79. The van der Waals surface area contributed by atoms with Crippen molar-refractivity contribution in [3.05, 3.63) is 58.7 Å². The van der Waals surface area contributed by atoms with Gasteiger partial charge in [-0.25, -0.2) is 0 Å². The van der Waals surface area contributed by atoms with E-state index >= 15 is 0 Å². The number of benzene rings is 2. The lowest BCUT2D eigenvalue weighted by atomic mass is 10.1. The van der Waals surface area contributed by atoms with Crippen LogP contribution in [0.5, 0.6) is 5.75 Å². The van der Waals surface area contributed by atoms with Crippen molar-refractivity contribution in [2.24, 2.45) is 0 Å². The fourth-order valence-electron chi connectivity index (χ4n) is 2.57. The lowest BCUT2D eigenvalue weighted by Gasteiger charge is -2.08. The van der Waals surface area contributed by atoms with E-state index in [2.05, 4.69) is 10.3 Å². The van der Waals surface area contributed by atoms with Crippen molar-refractivity contribution >= 4 is 34.1 Å². The number of anilines is 1. The summed E-state index contributed by atoms with van der Waals surface area (Å²) in [5.74, 6) is 0.700. The lowest BCUT2D eigenvalue weighted by molar-refractivity contribution is -0.115. The summed E-state index contributed by atoms with van der Waals surface area (Å²) in [5.41, 5.74) is 3.63. The monoisotopic (exact) mass is 328 g/mol. The van der Waals surface area contributed by atoms with Crippen LogP contribution in [0.3, 0.4) is 0 Å². The van der Waals surface area contributed by atoms with E-state index < -0.39 is 0 Å². The van der Waals surface area contributed by atoms with Crippen molar-refractivity contribution < 1.29 is 9.53 Å². The number of H-pyrrole nitrogens is 1. The Morgan fingerprint density at radius 3 is 2.83 bits per heavy atom. The average molecular weight is 329 g/mol. The molecule has 0 bridgehead atoms. The highest BCUT2D eigenvalue weighted by Crippen LogP contribution is 2.25. The summed E-state index contributed by atoms with van der Waals surface area (Å²) in [6.45, 7) is 1.91. The Morgan fingerprint density at radius 1 is 1.26 bits per heavy atom. The van der Waals surface area contributed by atoms with Crippen LogP contribution < -0.4 is 10.1 Å². The van der Waals surface area contributed by atoms with Crippen LogP contribution in [-0.2, 0) is 11.2 Å². The summed E-state index contributed by atoms with van der Waals surface area (Å²) in [5, 5.41) is 4.58. The molecule has 4 nitrogen and oxygen atoms in total. The molecule has 3 aromatic rings. The summed E-state index contributed by atoms with van der Waals surface area (Å²) >= 11 is 5.93. The number of amides is 1. The number of rotatable bonds is 4. The number of hydrogen-bond acceptors (Lipinski definition) is 2. The summed E-state index contributed by atoms with van der Waals surface area (Å²) in [4.78, 5) is 15.5. The molecule has 2 aromatic carbocycles. The SMILES string of the molecule is COc1ccc2[nH]cc(CC(=O)Nc3ccc(Cl)cc3C)c2c1. The van der Waals surface area contributed by atoms with Gasteiger partial charge in [0.15, 0.2) is 0 Å². The Labute approximate surface area is 139 Å². The Hall–Kier alpha value is -2.46. The standard InChI is InChI=1S/C18H17ClN2O2/c1-11-7-13(19)3-5-16(11)21-18(22)8-12-10-20-17-6-4-14(23-2)9-15(12)17/h3-7,9-10,20H,8H2,1-2H3,(H,21,22). The minimum Gasteiger partial charge on any atom is -0.497 e. The molecule has 0 aliphatic heterocycles. The molecule has 5 heteroatoms. The maximum absolute atomic E-state index is 12.3. The van der Waals surface area contributed by atoms with Gasteiger partial charge in [-0.1, -0.05) is 11.6 Å². The number of hydrogen-bond donors (Lipinski definition) is 2. The molecule has 0 spiro atoms. The van der Waals surface area contributed by atoms with Gasteiger partial charge >= 0.3 is 0 Å². The summed E-state index contributed by atoms with van der Waals surface area (Å²) < 4.78 is 5.25. The molecule has 1 heterocycles. The molecular weight excluding hydrogens is 312 g/mol. The molecule has 118 valence electrons. The van der Waals surface area contributed by atoms with Gasteiger partial charge in [0.05, 0.1) is 13.5 Å². The number of aryl methyl sites for hydroxylation is 1. The van der Waals surface area contributed by atoms with Crippen molar-refractivity contribution in [1.82, 2.24) is 4.98 Å². The summed E-state index contributed by atoms with van der Waals surface area (Å²) in [6, 6.07) is 11.2. The summed E-state index contributed by atoms with van der Waals surface area (Å²) in [7, 11) is 1.63. The molecule has 23 heavy (non-hydrogen) atoms. The first-order valence-corrected chi connectivity index (χ1v) is 7.64. The van der Waals surface area contributed by atoms with Crippen molar-refractivity contribution in [2.45, 2.75) is 13.3 Å². The third-order valence-corrected chi connectivity index (χ3v) is 4.02. The molecule has 0 atom stereocenters. The van der Waals surface area contributed by atoms with E-state index in [1.165, 1.54) is 0 Å². The number of carbonyl (C=O) groups excluding carboxylic acids is 1. The number of methoxy groups -OCH3 is 1. The van der Waals surface area contributed by atoms with Gasteiger partial charge in [0.2, 0.25) is 5.91 Å². The molecular formula is C18H17ClN2O2. The van der Waals surface area contributed by atoms with Crippen LogP contribution in [0.25, 0.3) is 10.9 Å². The van der Waals surface area contributed by atoms with Gasteiger partial charge in [0.25, 0.3) is 0 Å². The van der Waals surface area contributed by atoms with Crippen molar-refractivity contribution in [2.75, 3.05) is 12.4 Å². The molecule has 0 aliphatic rings. The third kappa shape index (κ3) is 3.32. The fraction of sp³-hybridized carbons (Fsp3) is 0.167. The van der Waals surface area contributed by atoms with Crippen LogP contribution >= 0.6 is 11.6 Å². The molecule has 0 saturated carbocycles. The average Bonchev–Trinajstić information content (AvgIpc) is 2.92. The van der Waals surface area contributed by atoms with E-state index in [1.54, 1.807) is 13.2 Å². The topological polar surface area (TPSA) is 54.1 Å². The highest BCUT2D eigenvalue weighted by molar-refractivity contribution is 6.30. The van der Waals surface area contributed by atoms with Crippen LogP contribution in [0, 0.1) is 6.92 Å². The second-order valence-electron chi connectivity index (χ2n) is 5.41. The second-order valence-corrected chi connectivity index (χ2v) is 5.85. The zero-order valence-corrected chi connectivity index (χ0v) is 13.7. The molecule has 2 N–H and O–H groups in total. The molecule has 0 unspecified atom stereocenters. The highest BCUT2D eigenvalue weighted by Gasteiger charge is 2.11. The van der Waals surface area contributed by atoms with Crippen LogP contribution in [0.4, 0.5) is 5.69 Å². The number of aromatic nitrogens is 1. The minimum absolute atomic E-state index is 0.0702. The zero-order chi connectivity index (χ0) is 16.4. The highest BCUT2D eigenvalue weighted by atomic mass is 35.5. The number of halogens is 1. The molecule has 0 radical (unpaired) electrons. The Balaban J connectivity index is 1.80. The van der Waals surface area contributed by atoms with Gasteiger partial charge < -0.3 is 15.0 Å². The van der Waals surface area contributed by atoms with Gasteiger partial charge in [-0.2, -0.15) is 0 Å². The Morgan fingerprint density at radius 2 is 2.09 bits per heavy atom. The zero-order valence-electron chi connectivity index (χ0n) is 12.9. The largest absolute Gasteiger partial charge is 0.497 e.